The summed E-state index contributed by atoms with van der Waals surface area (Å²) < 4.78 is 4.65. The van der Waals surface area contributed by atoms with E-state index < -0.39 is 16.8 Å². The molecule has 2 rings (SSSR count). The summed E-state index contributed by atoms with van der Waals surface area (Å²) in [5.74, 6) is -1.10. The van der Waals surface area contributed by atoms with Gasteiger partial charge in [0.25, 0.3) is 5.69 Å². The molecule has 122 valence electrons. The Bertz CT molecular complexity index is 814. The van der Waals surface area contributed by atoms with Crippen LogP contribution in [-0.2, 0) is 9.53 Å². The fraction of sp³-hybridized carbons (Fsp3) is 0.0588. The molecule has 0 radical (unpaired) electrons. The maximum absolute atomic E-state index is 12.0. The van der Waals surface area contributed by atoms with Gasteiger partial charge in [-0.3, -0.25) is 14.9 Å². The molecule has 0 spiro atoms. The normalized spacial score (nSPS) is 10.4. The lowest BCUT2D eigenvalue weighted by atomic mass is 10.1. The number of para-hydroxylation sites is 2. The molecule has 1 N–H and O–H groups in total. The van der Waals surface area contributed by atoms with E-state index in [2.05, 4.69) is 10.1 Å². The Labute approximate surface area is 137 Å². The van der Waals surface area contributed by atoms with Crippen LogP contribution in [0.25, 0.3) is 6.08 Å². The van der Waals surface area contributed by atoms with Crippen molar-refractivity contribution >= 4 is 29.3 Å². The number of rotatable bonds is 5. The molecule has 0 bridgehead atoms. The fourth-order valence-corrected chi connectivity index (χ4v) is 2.01. The number of hydrogen-bond donors (Lipinski definition) is 1. The summed E-state index contributed by atoms with van der Waals surface area (Å²) in [7, 11) is 1.25. The van der Waals surface area contributed by atoms with Crippen molar-refractivity contribution in [3.8, 4) is 0 Å². The van der Waals surface area contributed by atoms with Gasteiger partial charge in [-0.05, 0) is 24.3 Å². The largest absolute Gasteiger partial charge is 0.465 e. The van der Waals surface area contributed by atoms with E-state index in [1.165, 1.54) is 31.4 Å². The van der Waals surface area contributed by atoms with Crippen LogP contribution in [0, 0.1) is 10.1 Å². The zero-order valence-electron chi connectivity index (χ0n) is 12.8. The summed E-state index contributed by atoms with van der Waals surface area (Å²) in [6.45, 7) is 0. The van der Waals surface area contributed by atoms with Crippen molar-refractivity contribution in [2.24, 2.45) is 0 Å². The van der Waals surface area contributed by atoms with Gasteiger partial charge in [-0.2, -0.15) is 0 Å². The first-order valence-electron chi connectivity index (χ1n) is 6.92. The Kier molecular flexibility index (Phi) is 5.40. The van der Waals surface area contributed by atoms with E-state index >= 15 is 0 Å². The zero-order chi connectivity index (χ0) is 17.5. The number of anilines is 1. The summed E-state index contributed by atoms with van der Waals surface area (Å²) in [5, 5.41) is 13.5. The van der Waals surface area contributed by atoms with Crippen LogP contribution < -0.4 is 5.32 Å². The number of nitrogens with zero attached hydrogens (tertiary/aromatic N) is 1. The second-order valence-corrected chi connectivity index (χ2v) is 4.68. The van der Waals surface area contributed by atoms with Gasteiger partial charge in [-0.1, -0.05) is 24.3 Å². The molecule has 0 heterocycles. The van der Waals surface area contributed by atoms with E-state index in [0.717, 1.165) is 6.08 Å². The molecule has 7 nitrogen and oxygen atoms in total. The van der Waals surface area contributed by atoms with E-state index in [1.807, 2.05) is 0 Å². The predicted octanol–water partition coefficient (Wildman–Crippen LogP) is 3.03. The Morgan fingerprint density at radius 1 is 1.12 bits per heavy atom. The molecule has 7 heteroatoms. The number of carbonyl (C=O) groups excluding carboxylic acids is 2. The molecule has 0 aliphatic rings. The highest BCUT2D eigenvalue weighted by molar-refractivity contribution is 6.06. The van der Waals surface area contributed by atoms with Crippen LogP contribution >= 0.6 is 0 Å². The highest BCUT2D eigenvalue weighted by Gasteiger charge is 2.13. The first-order valence-corrected chi connectivity index (χ1v) is 6.92. The van der Waals surface area contributed by atoms with Gasteiger partial charge in [0.15, 0.2) is 0 Å². The predicted molar refractivity (Wildman–Crippen MR) is 88.5 cm³/mol. The van der Waals surface area contributed by atoms with Crippen LogP contribution in [0.2, 0.25) is 0 Å². The molecular weight excluding hydrogens is 312 g/mol. The molecule has 24 heavy (non-hydrogen) atoms. The number of nitro benzene ring substituents is 1. The first-order chi connectivity index (χ1) is 11.5. The molecule has 0 atom stereocenters. The lowest BCUT2D eigenvalue weighted by molar-refractivity contribution is -0.385. The Morgan fingerprint density at radius 3 is 2.50 bits per heavy atom. The summed E-state index contributed by atoms with van der Waals surface area (Å²) in [6, 6.07) is 12.4. The van der Waals surface area contributed by atoms with Gasteiger partial charge in [0.2, 0.25) is 5.91 Å². The van der Waals surface area contributed by atoms with Crippen molar-refractivity contribution in [3.05, 3.63) is 75.8 Å². The molecule has 0 saturated heterocycles. The summed E-state index contributed by atoms with van der Waals surface area (Å²) >= 11 is 0. The van der Waals surface area contributed by atoms with Gasteiger partial charge in [0, 0.05) is 12.1 Å². The second kappa shape index (κ2) is 7.68. The Morgan fingerprint density at radius 2 is 1.79 bits per heavy atom. The highest BCUT2D eigenvalue weighted by atomic mass is 16.6. The van der Waals surface area contributed by atoms with E-state index in [4.69, 9.17) is 0 Å². The van der Waals surface area contributed by atoms with Crippen LogP contribution in [0.3, 0.4) is 0 Å². The van der Waals surface area contributed by atoms with E-state index in [0.29, 0.717) is 11.3 Å². The average molecular weight is 326 g/mol. The van der Waals surface area contributed by atoms with Gasteiger partial charge < -0.3 is 10.1 Å². The number of nitrogens with one attached hydrogen (secondary N) is 1. The van der Waals surface area contributed by atoms with Crippen LogP contribution in [0.5, 0.6) is 0 Å². The van der Waals surface area contributed by atoms with Crippen LogP contribution in [0.1, 0.15) is 15.9 Å². The van der Waals surface area contributed by atoms with E-state index in [1.54, 1.807) is 30.3 Å². The van der Waals surface area contributed by atoms with Crippen molar-refractivity contribution < 1.29 is 19.2 Å². The van der Waals surface area contributed by atoms with Crippen molar-refractivity contribution in [2.45, 2.75) is 0 Å². The number of amides is 1. The van der Waals surface area contributed by atoms with Gasteiger partial charge in [0.1, 0.15) is 0 Å². The lowest BCUT2D eigenvalue weighted by Gasteiger charge is -2.07. The SMILES string of the molecule is COC(=O)c1ccccc1NC(=O)C=Cc1ccccc1[N+](=O)[O-]. The molecule has 0 fully saturated rings. The zero-order valence-corrected chi connectivity index (χ0v) is 12.8. The molecule has 0 unspecified atom stereocenters. The number of benzene rings is 2. The third kappa shape index (κ3) is 4.04. The number of nitro groups is 1. The molecule has 0 aliphatic carbocycles. The minimum absolute atomic E-state index is 0.100. The third-order valence-electron chi connectivity index (χ3n) is 3.14. The Hall–Kier alpha value is -3.48. The van der Waals surface area contributed by atoms with Gasteiger partial charge in [-0.15, -0.1) is 0 Å². The standard InChI is InChI=1S/C17H14N2O5/c1-24-17(21)13-7-3-4-8-14(13)18-16(20)11-10-12-6-2-5-9-15(12)19(22)23/h2-11H,1H3,(H,18,20). The molecular formula is C17H14N2O5. The number of hydrogen-bond acceptors (Lipinski definition) is 5. The van der Waals surface area contributed by atoms with Crippen LogP contribution in [0.4, 0.5) is 11.4 Å². The van der Waals surface area contributed by atoms with Crippen molar-refractivity contribution in [3.63, 3.8) is 0 Å². The van der Waals surface area contributed by atoms with Crippen molar-refractivity contribution in [1.82, 2.24) is 0 Å². The average Bonchev–Trinajstić information content (AvgIpc) is 2.60. The quantitative estimate of drug-likeness (QED) is 0.394. The van der Waals surface area contributed by atoms with E-state index in [9.17, 15) is 19.7 Å². The van der Waals surface area contributed by atoms with Crippen molar-refractivity contribution in [1.29, 1.82) is 0 Å². The highest BCUT2D eigenvalue weighted by Crippen LogP contribution is 2.19. The monoisotopic (exact) mass is 326 g/mol. The van der Waals surface area contributed by atoms with Gasteiger partial charge in [-0.25, -0.2) is 4.79 Å². The number of carbonyl (C=O) groups is 2. The minimum atomic E-state index is -0.575. The number of ether oxygens (including phenoxy) is 1. The molecule has 2 aromatic carbocycles. The molecule has 0 aromatic heterocycles. The molecule has 1 amide bonds. The lowest BCUT2D eigenvalue weighted by Crippen LogP contribution is -2.12. The molecule has 0 saturated carbocycles. The van der Waals surface area contributed by atoms with Gasteiger partial charge in [0.05, 0.1) is 28.8 Å². The minimum Gasteiger partial charge on any atom is -0.465 e. The van der Waals surface area contributed by atoms with Crippen LogP contribution in [0.15, 0.2) is 54.6 Å². The first kappa shape index (κ1) is 16.9. The number of methoxy groups -OCH3 is 1. The Balaban J connectivity index is 2.18. The smallest absolute Gasteiger partial charge is 0.339 e. The second-order valence-electron chi connectivity index (χ2n) is 4.68. The van der Waals surface area contributed by atoms with E-state index in [-0.39, 0.29) is 11.3 Å². The number of esters is 1. The summed E-state index contributed by atoms with van der Waals surface area (Å²) in [5.41, 5.74) is 0.712. The topological polar surface area (TPSA) is 98.5 Å². The van der Waals surface area contributed by atoms with Gasteiger partial charge >= 0.3 is 5.97 Å². The summed E-state index contributed by atoms with van der Waals surface area (Å²) in [4.78, 5) is 34.1. The summed E-state index contributed by atoms with van der Waals surface area (Å²) in [6.07, 6.45) is 2.50. The maximum Gasteiger partial charge on any atom is 0.339 e. The molecule has 2 aromatic rings. The van der Waals surface area contributed by atoms with Crippen molar-refractivity contribution in [2.75, 3.05) is 12.4 Å². The third-order valence-corrected chi connectivity index (χ3v) is 3.14. The maximum atomic E-state index is 12.0. The fourth-order valence-electron chi connectivity index (χ4n) is 2.01. The van der Waals surface area contributed by atoms with Crippen LogP contribution in [-0.4, -0.2) is 23.9 Å². The molecule has 0 aliphatic heterocycles.